The minimum atomic E-state index is -0.352. The molecule has 0 fully saturated rings. The van der Waals surface area contributed by atoms with E-state index in [1.807, 2.05) is 0 Å². The molecule has 76 valence electrons. The van der Waals surface area contributed by atoms with Crippen molar-refractivity contribution in [3.8, 4) is 12.1 Å². The zero-order valence-corrected chi connectivity index (χ0v) is 8.14. The van der Waals surface area contributed by atoms with Gasteiger partial charge in [0.1, 0.15) is 24.0 Å². The van der Waals surface area contributed by atoms with Crippen molar-refractivity contribution >= 4 is 16.7 Å². The van der Waals surface area contributed by atoms with E-state index in [0.29, 0.717) is 16.5 Å². The molecule has 16 heavy (non-hydrogen) atoms. The zero-order valence-electron chi connectivity index (χ0n) is 8.14. The predicted molar refractivity (Wildman–Crippen MR) is 57.0 cm³/mol. The molecule has 1 aromatic carbocycles. The van der Waals surface area contributed by atoms with Crippen LogP contribution in [0.4, 0.5) is 0 Å². The minimum Gasteiger partial charge on any atom is -0.505 e. The van der Waals surface area contributed by atoms with Gasteiger partial charge in [-0.3, -0.25) is 0 Å². The molecule has 1 aromatic heterocycles. The van der Waals surface area contributed by atoms with Gasteiger partial charge in [0, 0.05) is 5.39 Å². The summed E-state index contributed by atoms with van der Waals surface area (Å²) in [5.74, 6) is -0.352. The van der Waals surface area contributed by atoms with Crippen molar-refractivity contribution in [3.05, 3.63) is 41.7 Å². The van der Waals surface area contributed by atoms with Crippen molar-refractivity contribution in [2.45, 2.75) is 0 Å². The van der Waals surface area contributed by atoms with Crippen molar-refractivity contribution < 1.29 is 9.52 Å². The molecule has 0 amide bonds. The molecule has 4 heteroatoms. The quantitative estimate of drug-likeness (QED) is 0.579. The molecule has 4 nitrogen and oxygen atoms in total. The van der Waals surface area contributed by atoms with Crippen molar-refractivity contribution in [2.24, 2.45) is 0 Å². The molecule has 0 spiro atoms. The van der Waals surface area contributed by atoms with Crippen LogP contribution in [0.2, 0.25) is 0 Å². The number of furan rings is 1. The first-order valence-corrected chi connectivity index (χ1v) is 4.48. The minimum absolute atomic E-state index is 0.327. The fraction of sp³-hybridized carbons (Fsp3) is 0. The van der Waals surface area contributed by atoms with Gasteiger partial charge < -0.3 is 9.52 Å². The van der Waals surface area contributed by atoms with Gasteiger partial charge in [-0.15, -0.1) is 0 Å². The van der Waals surface area contributed by atoms with Crippen LogP contribution in [0.1, 0.15) is 5.56 Å². The van der Waals surface area contributed by atoms with Gasteiger partial charge in [0.2, 0.25) is 0 Å². The Balaban J connectivity index is 2.72. The first kappa shape index (κ1) is 9.82. The number of hydrogen-bond acceptors (Lipinski definition) is 4. The Hall–Kier alpha value is -2.72. The Morgan fingerprint density at radius 2 is 1.88 bits per heavy atom. The summed E-state index contributed by atoms with van der Waals surface area (Å²) in [4.78, 5) is 0. The average Bonchev–Trinajstić information content (AvgIpc) is 2.74. The van der Waals surface area contributed by atoms with Gasteiger partial charge in [-0.05, 0) is 6.07 Å². The molecule has 0 saturated heterocycles. The Labute approximate surface area is 91.3 Å². The second-order valence-corrected chi connectivity index (χ2v) is 3.09. The molecule has 0 radical (unpaired) electrons. The molecule has 0 bridgehead atoms. The lowest BCUT2D eigenvalue weighted by molar-refractivity contribution is 0.507. The number of nitriles is 2. The maximum atomic E-state index is 9.74. The Kier molecular flexibility index (Phi) is 2.33. The van der Waals surface area contributed by atoms with E-state index in [-0.39, 0.29) is 11.3 Å². The number of nitrogens with zero attached hydrogens (tertiary/aromatic N) is 2. The summed E-state index contributed by atoms with van der Waals surface area (Å²) in [6.45, 7) is 0. The lowest BCUT2D eigenvalue weighted by Gasteiger charge is -1.95. The van der Waals surface area contributed by atoms with Gasteiger partial charge in [-0.2, -0.15) is 10.5 Å². The molecule has 2 aromatic rings. The summed E-state index contributed by atoms with van der Waals surface area (Å²) in [6.07, 6.45) is 1.33. The standard InChI is InChI=1S/C12H6N2O2/c13-5-8(6-14)12(15)10-7-16-11-4-2-1-3-9(10)11/h1-4,7,15H. The van der Waals surface area contributed by atoms with E-state index in [2.05, 4.69) is 0 Å². The number of aliphatic hydroxyl groups is 1. The molecule has 0 saturated carbocycles. The highest BCUT2D eigenvalue weighted by Gasteiger charge is 2.13. The summed E-state index contributed by atoms with van der Waals surface area (Å²) in [5.41, 5.74) is 0.625. The normalized spacial score (nSPS) is 9.38. The van der Waals surface area contributed by atoms with E-state index in [1.54, 1.807) is 36.4 Å². The van der Waals surface area contributed by atoms with E-state index < -0.39 is 0 Å². The van der Waals surface area contributed by atoms with E-state index >= 15 is 0 Å². The monoisotopic (exact) mass is 210 g/mol. The molecule has 1 N–H and O–H groups in total. The molecule has 0 aliphatic carbocycles. The van der Waals surface area contributed by atoms with Crippen LogP contribution >= 0.6 is 0 Å². The van der Waals surface area contributed by atoms with Crippen LogP contribution in [0.3, 0.4) is 0 Å². The summed E-state index contributed by atoms with van der Waals surface area (Å²) < 4.78 is 5.20. The van der Waals surface area contributed by atoms with Gasteiger partial charge in [-0.1, -0.05) is 18.2 Å². The summed E-state index contributed by atoms with van der Waals surface area (Å²) in [6, 6.07) is 10.3. The maximum absolute atomic E-state index is 9.74. The Bertz CT molecular complexity index is 637. The Morgan fingerprint density at radius 3 is 2.56 bits per heavy atom. The molecular formula is C12H6N2O2. The highest BCUT2D eigenvalue weighted by Crippen LogP contribution is 2.27. The van der Waals surface area contributed by atoms with Crippen LogP contribution in [-0.4, -0.2) is 5.11 Å². The summed E-state index contributed by atoms with van der Waals surface area (Å²) in [7, 11) is 0. The zero-order chi connectivity index (χ0) is 11.5. The number of para-hydroxylation sites is 1. The molecule has 0 aliphatic rings. The number of benzene rings is 1. The largest absolute Gasteiger partial charge is 0.505 e. The molecule has 0 aliphatic heterocycles. The van der Waals surface area contributed by atoms with Crippen molar-refractivity contribution in [1.29, 1.82) is 10.5 Å². The third kappa shape index (κ3) is 1.39. The van der Waals surface area contributed by atoms with Crippen molar-refractivity contribution in [2.75, 3.05) is 0 Å². The fourth-order valence-electron chi connectivity index (χ4n) is 1.43. The highest BCUT2D eigenvalue weighted by molar-refractivity contribution is 5.91. The van der Waals surface area contributed by atoms with E-state index in [4.69, 9.17) is 14.9 Å². The molecule has 2 rings (SSSR count). The van der Waals surface area contributed by atoms with Crippen molar-refractivity contribution in [3.63, 3.8) is 0 Å². The number of fused-ring (bicyclic) bond motifs is 1. The van der Waals surface area contributed by atoms with Crippen LogP contribution in [-0.2, 0) is 0 Å². The van der Waals surface area contributed by atoms with Gasteiger partial charge in [0.05, 0.1) is 5.56 Å². The van der Waals surface area contributed by atoms with Crippen LogP contribution in [0.5, 0.6) is 0 Å². The van der Waals surface area contributed by atoms with Gasteiger partial charge in [0.15, 0.2) is 11.3 Å². The predicted octanol–water partition coefficient (Wildman–Crippen LogP) is 2.75. The van der Waals surface area contributed by atoms with Crippen LogP contribution in [0.15, 0.2) is 40.5 Å². The second-order valence-electron chi connectivity index (χ2n) is 3.09. The number of rotatable bonds is 1. The molecule has 0 atom stereocenters. The summed E-state index contributed by atoms with van der Waals surface area (Å²) >= 11 is 0. The fourth-order valence-corrected chi connectivity index (χ4v) is 1.43. The number of allylic oxidation sites excluding steroid dienone is 1. The number of hydrogen-bond donors (Lipinski definition) is 1. The van der Waals surface area contributed by atoms with Crippen molar-refractivity contribution in [1.82, 2.24) is 0 Å². The lowest BCUT2D eigenvalue weighted by atomic mass is 10.1. The van der Waals surface area contributed by atoms with E-state index in [0.717, 1.165) is 0 Å². The molecule has 0 unspecified atom stereocenters. The first-order valence-electron chi connectivity index (χ1n) is 4.48. The third-order valence-corrected chi connectivity index (χ3v) is 2.20. The van der Waals surface area contributed by atoms with Crippen LogP contribution in [0, 0.1) is 22.7 Å². The smallest absolute Gasteiger partial charge is 0.171 e. The van der Waals surface area contributed by atoms with Crippen LogP contribution in [0.25, 0.3) is 16.7 Å². The lowest BCUT2D eigenvalue weighted by Crippen LogP contribution is -1.85. The SMILES string of the molecule is N#CC(C#N)=C(O)c1coc2ccccc12. The van der Waals surface area contributed by atoms with E-state index in [1.165, 1.54) is 6.26 Å². The number of aliphatic hydroxyl groups excluding tert-OH is 1. The maximum Gasteiger partial charge on any atom is 0.171 e. The highest BCUT2D eigenvalue weighted by atomic mass is 16.3. The van der Waals surface area contributed by atoms with Crippen LogP contribution < -0.4 is 0 Å². The average molecular weight is 210 g/mol. The van der Waals surface area contributed by atoms with Gasteiger partial charge in [-0.25, -0.2) is 0 Å². The van der Waals surface area contributed by atoms with Gasteiger partial charge >= 0.3 is 0 Å². The topological polar surface area (TPSA) is 81.0 Å². The first-order chi connectivity index (χ1) is 7.77. The van der Waals surface area contributed by atoms with E-state index in [9.17, 15) is 5.11 Å². The third-order valence-electron chi connectivity index (χ3n) is 2.20. The Morgan fingerprint density at radius 1 is 1.19 bits per heavy atom. The summed E-state index contributed by atoms with van der Waals surface area (Å²) in [5, 5.41) is 27.7. The van der Waals surface area contributed by atoms with Gasteiger partial charge in [0.25, 0.3) is 0 Å². The molecule has 1 heterocycles. The second kappa shape index (κ2) is 3.80. The molecular weight excluding hydrogens is 204 g/mol.